The lowest BCUT2D eigenvalue weighted by atomic mass is 10.0. The van der Waals surface area contributed by atoms with Crippen LogP contribution in [0.1, 0.15) is 34.8 Å². The van der Waals surface area contributed by atoms with Crippen molar-refractivity contribution in [1.82, 2.24) is 15.2 Å². The lowest BCUT2D eigenvalue weighted by Crippen LogP contribution is -2.43. The van der Waals surface area contributed by atoms with Crippen LogP contribution in [-0.4, -0.2) is 28.8 Å². The Bertz CT molecular complexity index is 1260. The van der Waals surface area contributed by atoms with Crippen LogP contribution in [0.3, 0.4) is 0 Å². The molecule has 6 nitrogen and oxygen atoms in total. The van der Waals surface area contributed by atoms with Crippen molar-refractivity contribution in [3.63, 3.8) is 0 Å². The molecule has 6 heteroatoms. The van der Waals surface area contributed by atoms with Gasteiger partial charge in [0.1, 0.15) is 11.8 Å². The van der Waals surface area contributed by atoms with Crippen molar-refractivity contribution in [2.24, 2.45) is 0 Å². The van der Waals surface area contributed by atoms with Crippen LogP contribution in [0, 0.1) is 0 Å². The van der Waals surface area contributed by atoms with Gasteiger partial charge in [0, 0.05) is 19.2 Å². The molecule has 0 aliphatic carbocycles. The van der Waals surface area contributed by atoms with Crippen LogP contribution in [0.2, 0.25) is 0 Å². The third-order valence-electron chi connectivity index (χ3n) is 6.15. The van der Waals surface area contributed by atoms with Gasteiger partial charge in [0.25, 0.3) is 0 Å². The topological polar surface area (TPSA) is 71.5 Å². The highest BCUT2D eigenvalue weighted by atomic mass is 16.5. The van der Waals surface area contributed by atoms with Crippen LogP contribution in [0.4, 0.5) is 0 Å². The summed E-state index contributed by atoms with van der Waals surface area (Å²) in [5, 5.41) is 3.00. The molecule has 0 spiro atoms. The summed E-state index contributed by atoms with van der Waals surface area (Å²) >= 11 is 0. The maximum absolute atomic E-state index is 13.7. The SMILES string of the molecule is COc1ccc(CN(C(=O)CCc2ccccc2)C(C(=O)NCc2ccccn2)c2ccccc2)cc1. The van der Waals surface area contributed by atoms with Gasteiger partial charge in [-0.3, -0.25) is 14.6 Å². The Kier molecular flexibility index (Phi) is 9.02. The van der Waals surface area contributed by atoms with Crippen molar-refractivity contribution in [2.75, 3.05) is 7.11 Å². The Balaban J connectivity index is 1.63. The lowest BCUT2D eigenvalue weighted by molar-refractivity contribution is -0.141. The number of carbonyl (C=O) groups excluding carboxylic acids is 2. The van der Waals surface area contributed by atoms with Gasteiger partial charge in [-0.05, 0) is 47.4 Å². The molecule has 1 N–H and O–H groups in total. The minimum absolute atomic E-state index is 0.0958. The van der Waals surface area contributed by atoms with E-state index < -0.39 is 6.04 Å². The van der Waals surface area contributed by atoms with Gasteiger partial charge in [0.05, 0.1) is 19.3 Å². The first-order valence-electron chi connectivity index (χ1n) is 12.3. The van der Waals surface area contributed by atoms with E-state index in [-0.39, 0.29) is 31.3 Å². The number of hydrogen-bond acceptors (Lipinski definition) is 4. The molecule has 2 amide bonds. The first-order chi connectivity index (χ1) is 18.1. The van der Waals surface area contributed by atoms with Crippen LogP contribution >= 0.6 is 0 Å². The lowest BCUT2D eigenvalue weighted by Gasteiger charge is -2.32. The van der Waals surface area contributed by atoms with Crippen molar-refractivity contribution in [3.8, 4) is 5.75 Å². The summed E-state index contributed by atoms with van der Waals surface area (Å²) in [7, 11) is 1.62. The fraction of sp³-hybridized carbons (Fsp3) is 0.194. The van der Waals surface area contributed by atoms with E-state index >= 15 is 0 Å². The van der Waals surface area contributed by atoms with Crippen molar-refractivity contribution >= 4 is 11.8 Å². The zero-order valence-electron chi connectivity index (χ0n) is 20.9. The van der Waals surface area contributed by atoms with E-state index in [0.717, 1.165) is 28.1 Å². The van der Waals surface area contributed by atoms with E-state index in [1.54, 1.807) is 18.2 Å². The number of aromatic nitrogens is 1. The summed E-state index contributed by atoms with van der Waals surface area (Å²) in [4.78, 5) is 33.4. The van der Waals surface area contributed by atoms with Crippen LogP contribution in [0.25, 0.3) is 0 Å². The number of pyridine rings is 1. The number of aryl methyl sites for hydroxylation is 1. The maximum Gasteiger partial charge on any atom is 0.247 e. The molecular weight excluding hydrogens is 462 g/mol. The normalized spacial score (nSPS) is 11.4. The Hall–Kier alpha value is -4.45. The molecule has 4 rings (SSSR count). The van der Waals surface area contributed by atoms with Crippen molar-refractivity contribution in [1.29, 1.82) is 0 Å². The fourth-order valence-corrected chi connectivity index (χ4v) is 4.18. The van der Waals surface area contributed by atoms with Gasteiger partial charge in [-0.2, -0.15) is 0 Å². The summed E-state index contributed by atoms with van der Waals surface area (Å²) < 4.78 is 5.29. The van der Waals surface area contributed by atoms with Gasteiger partial charge in [0.15, 0.2) is 0 Å². The van der Waals surface area contributed by atoms with Crippen LogP contribution in [-0.2, 0) is 29.1 Å². The fourth-order valence-electron chi connectivity index (χ4n) is 4.18. The second kappa shape index (κ2) is 13.0. The van der Waals surface area contributed by atoms with Gasteiger partial charge in [-0.15, -0.1) is 0 Å². The minimum Gasteiger partial charge on any atom is -0.497 e. The summed E-state index contributed by atoms with van der Waals surface area (Å²) in [5.41, 5.74) is 3.49. The molecule has 0 saturated carbocycles. The van der Waals surface area contributed by atoms with E-state index in [0.29, 0.717) is 6.42 Å². The monoisotopic (exact) mass is 493 g/mol. The second-order valence-corrected chi connectivity index (χ2v) is 8.71. The number of benzene rings is 3. The van der Waals surface area contributed by atoms with E-state index in [2.05, 4.69) is 10.3 Å². The molecule has 0 aliphatic heterocycles. The highest BCUT2D eigenvalue weighted by Gasteiger charge is 2.31. The molecule has 0 aliphatic rings. The number of nitrogens with one attached hydrogen (secondary N) is 1. The largest absolute Gasteiger partial charge is 0.497 e. The smallest absolute Gasteiger partial charge is 0.247 e. The molecule has 1 heterocycles. The van der Waals surface area contributed by atoms with Gasteiger partial charge in [-0.1, -0.05) is 78.9 Å². The summed E-state index contributed by atoms with van der Waals surface area (Å²) in [5.74, 6) is 0.387. The summed E-state index contributed by atoms with van der Waals surface area (Å²) in [6, 6.07) is 31.7. The Labute approximate surface area is 217 Å². The van der Waals surface area contributed by atoms with Crippen molar-refractivity contribution < 1.29 is 14.3 Å². The molecule has 1 aromatic heterocycles. The minimum atomic E-state index is -0.796. The second-order valence-electron chi connectivity index (χ2n) is 8.71. The predicted octanol–water partition coefficient (Wildman–Crippen LogP) is 5.11. The van der Waals surface area contributed by atoms with Crippen molar-refractivity contribution in [2.45, 2.75) is 32.0 Å². The van der Waals surface area contributed by atoms with Gasteiger partial charge in [0.2, 0.25) is 11.8 Å². The molecule has 0 bridgehead atoms. The number of ether oxygens (including phenoxy) is 1. The number of amides is 2. The zero-order valence-corrected chi connectivity index (χ0v) is 20.9. The Morgan fingerprint density at radius 3 is 2.16 bits per heavy atom. The van der Waals surface area contributed by atoms with Crippen molar-refractivity contribution in [3.05, 3.63) is 132 Å². The number of nitrogens with zero attached hydrogens (tertiary/aromatic N) is 2. The molecule has 1 atom stereocenters. The number of methoxy groups -OCH3 is 1. The molecule has 0 radical (unpaired) electrons. The number of rotatable bonds is 11. The standard InChI is InChI=1S/C31H31N3O3/c1-37-28-18-15-25(16-19-28)23-34(29(35)20-17-24-10-4-2-5-11-24)30(26-12-6-3-7-13-26)31(36)33-22-27-14-8-9-21-32-27/h2-16,18-19,21,30H,17,20,22-23H2,1H3,(H,33,36). The highest BCUT2D eigenvalue weighted by Crippen LogP contribution is 2.26. The van der Waals surface area contributed by atoms with E-state index in [9.17, 15) is 9.59 Å². The van der Waals surface area contributed by atoms with E-state index in [4.69, 9.17) is 4.74 Å². The van der Waals surface area contributed by atoms with Crippen LogP contribution < -0.4 is 10.1 Å². The Morgan fingerprint density at radius 1 is 0.838 bits per heavy atom. The Morgan fingerprint density at radius 2 is 1.51 bits per heavy atom. The third-order valence-corrected chi connectivity index (χ3v) is 6.15. The molecule has 188 valence electrons. The highest BCUT2D eigenvalue weighted by molar-refractivity contribution is 5.88. The quantitative estimate of drug-likeness (QED) is 0.315. The van der Waals surface area contributed by atoms with E-state index in [1.807, 2.05) is 103 Å². The molecule has 0 saturated heterocycles. The average Bonchev–Trinajstić information content (AvgIpc) is 2.96. The van der Waals surface area contributed by atoms with Gasteiger partial charge in [-0.25, -0.2) is 0 Å². The van der Waals surface area contributed by atoms with E-state index in [1.165, 1.54) is 0 Å². The summed E-state index contributed by atoms with van der Waals surface area (Å²) in [6.07, 6.45) is 2.58. The van der Waals surface area contributed by atoms with Gasteiger partial charge >= 0.3 is 0 Å². The molecule has 3 aromatic carbocycles. The van der Waals surface area contributed by atoms with Crippen LogP contribution in [0.15, 0.2) is 109 Å². The zero-order chi connectivity index (χ0) is 25.9. The number of hydrogen-bond donors (Lipinski definition) is 1. The molecule has 1 unspecified atom stereocenters. The first-order valence-corrected chi connectivity index (χ1v) is 12.3. The molecule has 0 fully saturated rings. The molecular formula is C31H31N3O3. The maximum atomic E-state index is 13.7. The van der Waals surface area contributed by atoms with Crippen LogP contribution in [0.5, 0.6) is 5.75 Å². The number of carbonyl (C=O) groups is 2. The average molecular weight is 494 g/mol. The first kappa shape index (κ1) is 25.6. The summed E-state index contributed by atoms with van der Waals surface area (Å²) in [6.45, 7) is 0.561. The molecule has 4 aromatic rings. The molecule has 37 heavy (non-hydrogen) atoms. The van der Waals surface area contributed by atoms with Gasteiger partial charge < -0.3 is 15.0 Å². The predicted molar refractivity (Wildman–Crippen MR) is 144 cm³/mol. The third kappa shape index (κ3) is 7.27.